The first kappa shape index (κ1) is 81.1. The van der Waals surface area contributed by atoms with Crippen LogP contribution in [0.15, 0.2) is 36.5 Å². The summed E-state index contributed by atoms with van der Waals surface area (Å²) in [6, 6.07) is -0.632. The van der Waals surface area contributed by atoms with Gasteiger partial charge in [0.2, 0.25) is 5.91 Å². The second-order valence-corrected chi connectivity index (χ2v) is 26.0. The Kier molecular flexibility index (Phi) is 70.9. The summed E-state index contributed by atoms with van der Waals surface area (Å²) in [5.41, 5.74) is 0. The molecule has 2 atom stereocenters. The van der Waals surface area contributed by atoms with Gasteiger partial charge in [-0.3, -0.25) is 9.59 Å². The SMILES string of the molecule is CCCCCCCCC/C=C\CCCCCCCC(=O)OCCCCCCCCCCCCCC/C=C\CCCCCCCCCCCC(=O)NC(CO)C(O)/C=C/CCCCCCCCCCCCCCCCCCCCCCCCC. The Morgan fingerprint density at radius 3 is 0.855 bits per heavy atom. The van der Waals surface area contributed by atoms with Crippen molar-refractivity contribution in [2.45, 2.75) is 431 Å². The molecule has 6 nitrogen and oxygen atoms in total. The van der Waals surface area contributed by atoms with Crippen molar-refractivity contribution in [1.82, 2.24) is 5.32 Å². The van der Waals surface area contributed by atoms with Crippen molar-refractivity contribution < 1.29 is 24.5 Å². The van der Waals surface area contributed by atoms with Crippen LogP contribution < -0.4 is 5.32 Å². The second-order valence-electron chi connectivity index (χ2n) is 26.0. The molecule has 0 radical (unpaired) electrons. The summed E-state index contributed by atoms with van der Waals surface area (Å²) in [6.45, 7) is 4.94. The average molecular weight is 1170 g/mol. The molecule has 0 aliphatic rings. The van der Waals surface area contributed by atoms with Gasteiger partial charge in [0.15, 0.2) is 0 Å². The Labute approximate surface area is 519 Å². The van der Waals surface area contributed by atoms with E-state index in [1.165, 1.54) is 347 Å². The molecule has 0 rings (SSSR count). The summed E-state index contributed by atoms with van der Waals surface area (Å²) >= 11 is 0. The van der Waals surface area contributed by atoms with Crippen LogP contribution in [0.5, 0.6) is 0 Å². The Morgan fingerprint density at radius 2 is 0.566 bits per heavy atom. The van der Waals surface area contributed by atoms with Crippen molar-refractivity contribution in [3.63, 3.8) is 0 Å². The molecule has 0 bridgehead atoms. The van der Waals surface area contributed by atoms with Gasteiger partial charge in [-0.2, -0.15) is 0 Å². The molecule has 0 fully saturated rings. The van der Waals surface area contributed by atoms with Crippen molar-refractivity contribution in [3.05, 3.63) is 36.5 Å². The first-order valence-electron chi connectivity index (χ1n) is 37.8. The Hall–Kier alpha value is -1.92. The van der Waals surface area contributed by atoms with Gasteiger partial charge < -0.3 is 20.3 Å². The van der Waals surface area contributed by atoms with Crippen LogP contribution in [-0.4, -0.2) is 47.4 Å². The molecule has 0 aromatic heterocycles. The van der Waals surface area contributed by atoms with Crippen molar-refractivity contribution in [2.75, 3.05) is 13.2 Å². The molecule has 6 heteroatoms. The van der Waals surface area contributed by atoms with Gasteiger partial charge in [0.1, 0.15) is 0 Å². The van der Waals surface area contributed by atoms with Crippen molar-refractivity contribution >= 4 is 11.9 Å². The van der Waals surface area contributed by atoms with E-state index in [1.807, 2.05) is 6.08 Å². The topological polar surface area (TPSA) is 95.9 Å². The number of unbranched alkanes of at least 4 members (excludes halogenated alkanes) is 56. The van der Waals surface area contributed by atoms with E-state index in [1.54, 1.807) is 6.08 Å². The highest BCUT2D eigenvalue weighted by Gasteiger charge is 2.18. The molecule has 2 unspecified atom stereocenters. The molecular weight excluding hydrogens is 1020 g/mol. The molecule has 490 valence electrons. The molecule has 0 saturated heterocycles. The van der Waals surface area contributed by atoms with E-state index in [0.29, 0.717) is 19.4 Å². The molecule has 1 amide bonds. The van der Waals surface area contributed by atoms with Crippen LogP contribution in [0, 0.1) is 0 Å². The predicted molar refractivity (Wildman–Crippen MR) is 366 cm³/mol. The zero-order valence-electron chi connectivity index (χ0n) is 56.2. The first-order chi connectivity index (χ1) is 41.0. The Morgan fingerprint density at radius 1 is 0.325 bits per heavy atom. The monoisotopic (exact) mass is 1170 g/mol. The van der Waals surface area contributed by atoms with Gasteiger partial charge in [-0.15, -0.1) is 0 Å². The van der Waals surface area contributed by atoms with E-state index in [2.05, 4.69) is 43.5 Å². The van der Waals surface area contributed by atoms with Gasteiger partial charge in [-0.1, -0.05) is 359 Å². The molecule has 0 aromatic rings. The third-order valence-electron chi connectivity index (χ3n) is 17.6. The third-order valence-corrected chi connectivity index (χ3v) is 17.6. The first-order valence-corrected chi connectivity index (χ1v) is 37.8. The molecule has 0 aliphatic heterocycles. The Balaban J connectivity index is 3.42. The fourth-order valence-electron chi connectivity index (χ4n) is 11.9. The van der Waals surface area contributed by atoms with Gasteiger partial charge in [0.25, 0.3) is 0 Å². The van der Waals surface area contributed by atoms with Crippen LogP contribution in [0.25, 0.3) is 0 Å². The van der Waals surface area contributed by atoms with E-state index in [0.717, 1.165) is 44.9 Å². The van der Waals surface area contributed by atoms with Crippen molar-refractivity contribution in [1.29, 1.82) is 0 Å². The van der Waals surface area contributed by atoms with E-state index in [9.17, 15) is 19.8 Å². The molecule has 0 saturated carbocycles. The maximum atomic E-state index is 12.5. The highest BCUT2D eigenvalue weighted by atomic mass is 16.5. The zero-order chi connectivity index (χ0) is 59.9. The zero-order valence-corrected chi connectivity index (χ0v) is 56.2. The smallest absolute Gasteiger partial charge is 0.305 e. The van der Waals surface area contributed by atoms with Crippen LogP contribution in [0.4, 0.5) is 0 Å². The van der Waals surface area contributed by atoms with Crippen molar-refractivity contribution in [2.24, 2.45) is 0 Å². The number of allylic oxidation sites excluding steroid dienone is 5. The number of carbonyl (C=O) groups is 2. The minimum atomic E-state index is -0.849. The van der Waals surface area contributed by atoms with Gasteiger partial charge in [-0.25, -0.2) is 0 Å². The van der Waals surface area contributed by atoms with Crippen LogP contribution in [0.1, 0.15) is 418 Å². The maximum Gasteiger partial charge on any atom is 0.305 e. The quantitative estimate of drug-likeness (QED) is 0.0320. The maximum absolute atomic E-state index is 12.5. The number of aliphatic hydroxyl groups is 2. The largest absolute Gasteiger partial charge is 0.466 e. The normalized spacial score (nSPS) is 12.7. The van der Waals surface area contributed by atoms with Gasteiger partial charge in [0, 0.05) is 12.8 Å². The summed E-state index contributed by atoms with van der Waals surface area (Å²) in [5.74, 6) is -0.0603. The fourth-order valence-corrected chi connectivity index (χ4v) is 11.9. The van der Waals surface area contributed by atoms with Gasteiger partial charge in [0.05, 0.1) is 25.4 Å². The molecule has 0 aliphatic carbocycles. The molecule has 0 spiro atoms. The Bertz CT molecular complexity index is 1340. The van der Waals surface area contributed by atoms with Crippen LogP contribution in [-0.2, 0) is 14.3 Å². The van der Waals surface area contributed by atoms with E-state index in [-0.39, 0.29) is 18.5 Å². The van der Waals surface area contributed by atoms with Crippen molar-refractivity contribution in [3.8, 4) is 0 Å². The van der Waals surface area contributed by atoms with Crippen LogP contribution in [0.3, 0.4) is 0 Å². The lowest BCUT2D eigenvalue weighted by Gasteiger charge is -2.20. The van der Waals surface area contributed by atoms with Gasteiger partial charge >= 0.3 is 5.97 Å². The number of ether oxygens (including phenoxy) is 1. The number of rotatable bonds is 71. The lowest BCUT2D eigenvalue weighted by molar-refractivity contribution is -0.143. The minimum absolute atomic E-state index is 0.00640. The number of aliphatic hydroxyl groups excluding tert-OH is 2. The summed E-state index contributed by atoms with van der Waals surface area (Å²) in [5, 5.41) is 23.3. The highest BCUT2D eigenvalue weighted by Crippen LogP contribution is 2.19. The summed E-state index contributed by atoms with van der Waals surface area (Å²) < 4.78 is 5.50. The molecule has 0 aromatic carbocycles. The van der Waals surface area contributed by atoms with Crippen LogP contribution in [0.2, 0.25) is 0 Å². The molecular formula is C77H147NO5. The number of hydrogen-bond acceptors (Lipinski definition) is 5. The van der Waals surface area contributed by atoms with Gasteiger partial charge in [-0.05, 0) is 83.5 Å². The fraction of sp³-hybridized carbons (Fsp3) is 0.896. The number of amides is 1. The average Bonchev–Trinajstić information content (AvgIpc) is 3.49. The number of esters is 1. The van der Waals surface area contributed by atoms with Crippen LogP contribution >= 0.6 is 0 Å². The highest BCUT2D eigenvalue weighted by molar-refractivity contribution is 5.76. The van der Waals surface area contributed by atoms with E-state index >= 15 is 0 Å². The summed E-state index contributed by atoms with van der Waals surface area (Å²) in [7, 11) is 0. The minimum Gasteiger partial charge on any atom is -0.466 e. The van der Waals surface area contributed by atoms with E-state index in [4.69, 9.17) is 4.74 Å². The summed E-state index contributed by atoms with van der Waals surface area (Å²) in [6.07, 6.45) is 93.8. The number of nitrogens with one attached hydrogen (secondary N) is 1. The number of hydrogen-bond donors (Lipinski definition) is 3. The second kappa shape index (κ2) is 72.6. The number of carbonyl (C=O) groups excluding carboxylic acids is 2. The predicted octanol–water partition coefficient (Wildman–Crippen LogP) is 24.7. The third kappa shape index (κ3) is 69.1. The standard InChI is InChI=1S/C77H147NO5/c1-3-5-7-9-11-13-15-17-19-21-22-23-24-26-29-32-35-38-41-45-49-53-57-61-65-69-75(80)74(73-79)78-76(81)70-66-62-58-54-50-46-42-39-36-33-30-27-25-28-31-34-37-40-44-48-52-56-60-64-68-72-83-77(82)71-67-63-59-55-51-47-43-20-18-16-14-12-10-8-6-4-2/h20,27,30,43,65,69,74-75,79-80H,3-19,21-26,28-29,31-42,44-64,66-68,70-73H2,1-2H3,(H,78,81)/b30-27-,43-20-,69-65+. The lowest BCUT2D eigenvalue weighted by atomic mass is 10.0. The van der Waals surface area contributed by atoms with E-state index < -0.39 is 12.1 Å². The summed E-state index contributed by atoms with van der Waals surface area (Å²) in [4.78, 5) is 24.6. The molecule has 83 heavy (non-hydrogen) atoms. The lowest BCUT2D eigenvalue weighted by Crippen LogP contribution is -2.45. The molecule has 3 N–H and O–H groups in total. The molecule has 0 heterocycles.